The Bertz CT molecular complexity index is 1280. The molecule has 2 aromatic carbocycles. The highest BCUT2D eigenvalue weighted by molar-refractivity contribution is 7.90. The minimum absolute atomic E-state index is 0.0790. The van der Waals surface area contributed by atoms with Gasteiger partial charge in [-0.3, -0.25) is 9.59 Å². The summed E-state index contributed by atoms with van der Waals surface area (Å²) in [7, 11) is -3.34. The van der Waals surface area contributed by atoms with Crippen LogP contribution in [0.4, 0.5) is 5.82 Å². The molecule has 31 heavy (non-hydrogen) atoms. The maximum atomic E-state index is 12.6. The number of fused-ring (bicyclic) bond motifs is 1. The molecule has 0 saturated heterocycles. The second-order valence-corrected chi connectivity index (χ2v) is 9.75. The van der Waals surface area contributed by atoms with Gasteiger partial charge in [0.2, 0.25) is 0 Å². The van der Waals surface area contributed by atoms with E-state index in [9.17, 15) is 18.0 Å². The van der Waals surface area contributed by atoms with Crippen LogP contribution in [0.25, 0.3) is 5.69 Å². The predicted octanol–water partition coefficient (Wildman–Crippen LogP) is 2.52. The average molecular weight is 459 g/mol. The van der Waals surface area contributed by atoms with Crippen LogP contribution < -0.4 is 10.6 Å². The first-order valence-corrected chi connectivity index (χ1v) is 11.6. The summed E-state index contributed by atoms with van der Waals surface area (Å²) in [6, 6.07) is 14.3. The Labute approximate surface area is 184 Å². The van der Waals surface area contributed by atoms with Crippen LogP contribution in [-0.4, -0.2) is 30.0 Å². The number of aryl methyl sites for hydroxylation is 1. The maximum absolute atomic E-state index is 12.6. The van der Waals surface area contributed by atoms with Crippen molar-refractivity contribution in [1.29, 1.82) is 0 Å². The van der Waals surface area contributed by atoms with Gasteiger partial charge in [0.25, 0.3) is 0 Å². The van der Waals surface area contributed by atoms with Gasteiger partial charge in [0.05, 0.1) is 22.9 Å². The highest BCUT2D eigenvalue weighted by atomic mass is 35.5. The number of amides is 2. The maximum Gasteiger partial charge on any atom is 0.314 e. The molecule has 0 radical (unpaired) electrons. The van der Waals surface area contributed by atoms with Crippen molar-refractivity contribution in [2.24, 2.45) is 0 Å². The number of nitrogens with one attached hydrogen (secondary N) is 2. The lowest BCUT2D eigenvalue weighted by molar-refractivity contribution is -0.136. The molecule has 0 saturated carbocycles. The summed E-state index contributed by atoms with van der Waals surface area (Å²) >= 11 is 6.07. The molecular formula is C21H19ClN4O4S. The van der Waals surface area contributed by atoms with Crippen molar-refractivity contribution in [3.63, 3.8) is 0 Å². The number of carbonyl (C=O) groups is 2. The number of hydrogen-bond donors (Lipinski definition) is 2. The van der Waals surface area contributed by atoms with Crippen LogP contribution in [0.5, 0.6) is 0 Å². The fraction of sp³-hybridized carbons (Fsp3) is 0.190. The van der Waals surface area contributed by atoms with Crippen molar-refractivity contribution in [3.05, 3.63) is 75.9 Å². The van der Waals surface area contributed by atoms with E-state index >= 15 is 0 Å². The van der Waals surface area contributed by atoms with Crippen LogP contribution in [0.15, 0.2) is 48.5 Å². The number of hydrogen-bond acceptors (Lipinski definition) is 5. The smallest absolute Gasteiger partial charge is 0.314 e. The highest BCUT2D eigenvalue weighted by Gasteiger charge is 2.33. The summed E-state index contributed by atoms with van der Waals surface area (Å²) in [4.78, 5) is 24.9. The first-order valence-electron chi connectivity index (χ1n) is 9.44. The third-order valence-corrected chi connectivity index (χ3v) is 6.71. The molecule has 1 aromatic heterocycles. The van der Waals surface area contributed by atoms with E-state index < -0.39 is 21.7 Å². The van der Waals surface area contributed by atoms with E-state index in [1.54, 1.807) is 36.4 Å². The van der Waals surface area contributed by atoms with E-state index in [0.29, 0.717) is 27.5 Å². The largest absolute Gasteiger partial charge is 0.344 e. The molecule has 8 nitrogen and oxygen atoms in total. The number of aromatic nitrogens is 2. The van der Waals surface area contributed by atoms with E-state index in [-0.39, 0.29) is 23.9 Å². The number of halogens is 1. The Morgan fingerprint density at radius 2 is 1.77 bits per heavy atom. The lowest BCUT2D eigenvalue weighted by Gasteiger charge is -2.12. The van der Waals surface area contributed by atoms with Gasteiger partial charge in [-0.1, -0.05) is 47.5 Å². The predicted molar refractivity (Wildman–Crippen MR) is 117 cm³/mol. The van der Waals surface area contributed by atoms with Gasteiger partial charge < -0.3 is 10.6 Å². The second-order valence-electron chi connectivity index (χ2n) is 7.28. The monoisotopic (exact) mass is 458 g/mol. The fourth-order valence-corrected chi connectivity index (χ4v) is 5.00. The number of carbonyl (C=O) groups excluding carboxylic acids is 2. The van der Waals surface area contributed by atoms with E-state index in [4.69, 9.17) is 11.6 Å². The first-order chi connectivity index (χ1) is 14.7. The second kappa shape index (κ2) is 8.16. The lowest BCUT2D eigenvalue weighted by Crippen LogP contribution is -2.35. The first kappa shape index (κ1) is 21.1. The molecule has 10 heteroatoms. The minimum atomic E-state index is -3.34. The Kier molecular flexibility index (Phi) is 5.55. The molecule has 1 aliphatic heterocycles. The topological polar surface area (TPSA) is 110 Å². The number of anilines is 1. The SMILES string of the molecule is Cc1ccc(-n2nc3c(c2NC(=O)C(=O)NCc2ccccc2Cl)CS(=O)(=O)C3)cc1. The van der Waals surface area contributed by atoms with Crippen LogP contribution in [-0.2, 0) is 37.5 Å². The molecule has 1 aliphatic rings. The summed E-state index contributed by atoms with van der Waals surface area (Å²) in [5.74, 6) is -2.07. The molecule has 2 amide bonds. The molecule has 2 N–H and O–H groups in total. The molecule has 0 fully saturated rings. The third kappa shape index (κ3) is 4.47. The Morgan fingerprint density at radius 3 is 2.48 bits per heavy atom. The van der Waals surface area contributed by atoms with Gasteiger partial charge in [-0.15, -0.1) is 0 Å². The van der Waals surface area contributed by atoms with Crippen molar-refractivity contribution in [2.45, 2.75) is 25.0 Å². The number of benzene rings is 2. The molecular weight excluding hydrogens is 440 g/mol. The van der Waals surface area contributed by atoms with Crippen LogP contribution in [0.2, 0.25) is 5.02 Å². The molecule has 160 valence electrons. The van der Waals surface area contributed by atoms with Gasteiger partial charge in [-0.05, 0) is 30.7 Å². The summed E-state index contributed by atoms with van der Waals surface area (Å²) in [6.07, 6.45) is 0. The zero-order valence-electron chi connectivity index (χ0n) is 16.6. The molecule has 0 unspecified atom stereocenters. The fourth-order valence-electron chi connectivity index (χ4n) is 3.31. The van der Waals surface area contributed by atoms with Crippen molar-refractivity contribution in [2.75, 3.05) is 5.32 Å². The molecule has 0 spiro atoms. The van der Waals surface area contributed by atoms with E-state index in [2.05, 4.69) is 15.7 Å². The minimum Gasteiger partial charge on any atom is -0.344 e. The quantitative estimate of drug-likeness (QED) is 0.584. The summed E-state index contributed by atoms with van der Waals surface area (Å²) in [5.41, 5.74) is 3.11. The van der Waals surface area contributed by atoms with Crippen molar-refractivity contribution in [1.82, 2.24) is 15.1 Å². The zero-order valence-corrected chi connectivity index (χ0v) is 18.1. The van der Waals surface area contributed by atoms with Crippen LogP contribution in [0.3, 0.4) is 0 Å². The molecule has 3 aromatic rings. The highest BCUT2D eigenvalue weighted by Crippen LogP contribution is 2.33. The molecule has 0 atom stereocenters. The van der Waals surface area contributed by atoms with Gasteiger partial charge in [-0.25, -0.2) is 13.1 Å². The van der Waals surface area contributed by atoms with Gasteiger partial charge in [0, 0.05) is 17.1 Å². The normalized spacial score (nSPS) is 14.1. The summed E-state index contributed by atoms with van der Waals surface area (Å²) < 4.78 is 25.6. The molecule has 4 rings (SSSR count). The van der Waals surface area contributed by atoms with Crippen LogP contribution in [0, 0.1) is 6.92 Å². The molecule has 2 heterocycles. The van der Waals surface area contributed by atoms with E-state index in [1.807, 2.05) is 19.1 Å². The number of nitrogens with zero attached hydrogens (tertiary/aromatic N) is 2. The zero-order chi connectivity index (χ0) is 22.2. The van der Waals surface area contributed by atoms with Gasteiger partial charge in [-0.2, -0.15) is 5.10 Å². The summed E-state index contributed by atoms with van der Waals surface area (Å²) in [5, 5.41) is 9.92. The molecule has 0 aliphatic carbocycles. The van der Waals surface area contributed by atoms with Crippen molar-refractivity contribution >= 4 is 39.1 Å². The standard InChI is InChI=1S/C21H19ClN4O4S/c1-13-6-8-15(9-7-13)26-19(16-11-31(29,30)12-18(16)25-26)24-21(28)20(27)23-10-14-4-2-3-5-17(14)22/h2-9H,10-12H2,1H3,(H,23,27)(H,24,28). The number of sulfone groups is 1. The van der Waals surface area contributed by atoms with E-state index in [1.165, 1.54) is 4.68 Å². The summed E-state index contributed by atoms with van der Waals surface area (Å²) in [6.45, 7) is 2.01. The third-order valence-electron chi connectivity index (χ3n) is 4.90. The number of rotatable bonds is 4. The Morgan fingerprint density at radius 1 is 1.06 bits per heavy atom. The Balaban J connectivity index is 1.58. The van der Waals surface area contributed by atoms with Gasteiger partial charge in [0.1, 0.15) is 5.82 Å². The lowest BCUT2D eigenvalue weighted by atomic mass is 10.2. The molecule has 0 bridgehead atoms. The average Bonchev–Trinajstić information content (AvgIpc) is 3.20. The van der Waals surface area contributed by atoms with Crippen LogP contribution >= 0.6 is 11.6 Å². The van der Waals surface area contributed by atoms with Crippen molar-refractivity contribution in [3.8, 4) is 5.69 Å². The van der Waals surface area contributed by atoms with E-state index in [0.717, 1.165) is 5.56 Å². The van der Waals surface area contributed by atoms with Crippen molar-refractivity contribution < 1.29 is 18.0 Å². The van der Waals surface area contributed by atoms with Crippen LogP contribution in [0.1, 0.15) is 22.4 Å². The Hall–Kier alpha value is -3.17. The van der Waals surface area contributed by atoms with Gasteiger partial charge >= 0.3 is 11.8 Å². The van der Waals surface area contributed by atoms with Gasteiger partial charge in [0.15, 0.2) is 9.84 Å².